The molecule has 0 saturated carbocycles. The van der Waals surface area contributed by atoms with Crippen molar-refractivity contribution in [2.24, 2.45) is 0 Å². The molecule has 50 valence electrons. The number of aliphatic hydroxyl groups is 1. The van der Waals surface area contributed by atoms with Crippen LogP contribution in [0.2, 0.25) is 0 Å². The number of aromatic nitrogens is 2. The summed E-state index contributed by atoms with van der Waals surface area (Å²) in [6, 6.07) is 1.71. The summed E-state index contributed by atoms with van der Waals surface area (Å²) in [4.78, 5) is 0. The molecule has 1 atom stereocenters. The molecule has 9 heavy (non-hydrogen) atoms. The van der Waals surface area contributed by atoms with Gasteiger partial charge in [-0.25, -0.2) is 0 Å². The first-order chi connectivity index (χ1) is 4.34. The average Bonchev–Trinajstić information content (AvgIpc) is 2.37. The molecule has 0 bridgehead atoms. The summed E-state index contributed by atoms with van der Waals surface area (Å²) >= 11 is 0. The summed E-state index contributed by atoms with van der Waals surface area (Å²) in [5.74, 6) is 0. The smallest absolute Gasteiger partial charge is 0.147 e. The largest absolute Gasteiger partial charge is 0.373 e. The lowest BCUT2D eigenvalue weighted by atomic mass is 10.4. The molecule has 0 saturated heterocycles. The molecule has 0 radical (unpaired) electrons. The fraction of sp³-hybridized carbons (Fsp3) is 0.400. The molecule has 0 fully saturated rings. The van der Waals surface area contributed by atoms with Crippen LogP contribution in [0.15, 0.2) is 12.3 Å². The van der Waals surface area contributed by atoms with Crippen LogP contribution < -0.4 is 5.32 Å². The Morgan fingerprint density at radius 1 is 1.89 bits per heavy atom. The van der Waals surface area contributed by atoms with Crippen molar-refractivity contribution in [2.75, 3.05) is 7.05 Å². The maximum absolute atomic E-state index is 9.04. The molecule has 0 amide bonds. The van der Waals surface area contributed by atoms with E-state index in [1.165, 1.54) is 0 Å². The summed E-state index contributed by atoms with van der Waals surface area (Å²) in [7, 11) is 1.67. The SMILES string of the molecule is CNC(O)c1ccn[nH]1. The molecule has 4 heteroatoms. The summed E-state index contributed by atoms with van der Waals surface area (Å²) in [5, 5.41) is 18.0. The van der Waals surface area contributed by atoms with Gasteiger partial charge in [-0.3, -0.25) is 10.4 Å². The van der Waals surface area contributed by atoms with E-state index in [0.717, 1.165) is 0 Å². The third-order valence-corrected chi connectivity index (χ3v) is 1.09. The van der Waals surface area contributed by atoms with Crippen molar-refractivity contribution in [3.05, 3.63) is 18.0 Å². The number of H-pyrrole nitrogens is 1. The van der Waals surface area contributed by atoms with Gasteiger partial charge in [-0.2, -0.15) is 5.10 Å². The van der Waals surface area contributed by atoms with E-state index in [2.05, 4.69) is 15.5 Å². The predicted molar refractivity (Wildman–Crippen MR) is 32.6 cm³/mol. The Morgan fingerprint density at radius 3 is 3.11 bits per heavy atom. The van der Waals surface area contributed by atoms with Gasteiger partial charge in [0.2, 0.25) is 0 Å². The summed E-state index contributed by atoms with van der Waals surface area (Å²) in [6.07, 6.45) is 0.961. The van der Waals surface area contributed by atoms with Crippen molar-refractivity contribution in [2.45, 2.75) is 6.23 Å². The minimum atomic E-state index is -0.632. The van der Waals surface area contributed by atoms with Crippen molar-refractivity contribution in [1.29, 1.82) is 0 Å². The molecule has 0 aliphatic rings. The number of aromatic amines is 1. The Hall–Kier alpha value is -0.870. The van der Waals surface area contributed by atoms with Gasteiger partial charge in [-0.15, -0.1) is 0 Å². The van der Waals surface area contributed by atoms with Crippen LogP contribution in [0.5, 0.6) is 0 Å². The van der Waals surface area contributed by atoms with Crippen LogP contribution in [0.1, 0.15) is 11.9 Å². The zero-order valence-electron chi connectivity index (χ0n) is 5.13. The molecule has 1 rings (SSSR count). The first-order valence-corrected chi connectivity index (χ1v) is 2.69. The zero-order valence-corrected chi connectivity index (χ0v) is 5.13. The molecule has 1 heterocycles. The van der Waals surface area contributed by atoms with Gasteiger partial charge in [-0.1, -0.05) is 0 Å². The van der Waals surface area contributed by atoms with Crippen molar-refractivity contribution in [3.8, 4) is 0 Å². The second kappa shape index (κ2) is 2.61. The normalized spacial score (nSPS) is 13.6. The maximum atomic E-state index is 9.04. The molecule has 3 N–H and O–H groups in total. The number of nitrogens with one attached hydrogen (secondary N) is 2. The van der Waals surface area contributed by atoms with Gasteiger partial charge >= 0.3 is 0 Å². The molecular weight excluding hydrogens is 118 g/mol. The fourth-order valence-corrected chi connectivity index (χ4v) is 0.574. The van der Waals surface area contributed by atoms with E-state index in [0.29, 0.717) is 5.69 Å². The van der Waals surface area contributed by atoms with Gasteiger partial charge in [0.15, 0.2) is 0 Å². The molecule has 0 aromatic carbocycles. The van der Waals surface area contributed by atoms with E-state index in [1.807, 2.05) is 0 Å². The molecule has 1 aromatic rings. The highest BCUT2D eigenvalue weighted by Gasteiger charge is 2.02. The van der Waals surface area contributed by atoms with E-state index in [-0.39, 0.29) is 0 Å². The summed E-state index contributed by atoms with van der Waals surface area (Å²) < 4.78 is 0. The maximum Gasteiger partial charge on any atom is 0.147 e. The molecule has 0 aliphatic carbocycles. The van der Waals surface area contributed by atoms with E-state index in [4.69, 9.17) is 5.11 Å². The Kier molecular flexibility index (Phi) is 1.81. The predicted octanol–water partition coefficient (Wildman–Crippen LogP) is -0.380. The first-order valence-electron chi connectivity index (χ1n) is 2.69. The molecule has 4 nitrogen and oxygen atoms in total. The highest BCUT2D eigenvalue weighted by Crippen LogP contribution is 2.01. The van der Waals surface area contributed by atoms with Gasteiger partial charge in [0.05, 0.1) is 5.69 Å². The van der Waals surface area contributed by atoms with E-state index < -0.39 is 6.23 Å². The standard InChI is InChI=1S/C5H9N3O/c1-6-5(9)4-2-3-7-8-4/h2-3,5-6,9H,1H3,(H,7,8). The van der Waals surface area contributed by atoms with Crippen LogP contribution in [0.4, 0.5) is 0 Å². The number of hydrogen-bond acceptors (Lipinski definition) is 3. The van der Waals surface area contributed by atoms with Gasteiger partial charge < -0.3 is 5.11 Å². The van der Waals surface area contributed by atoms with Crippen molar-refractivity contribution in [3.63, 3.8) is 0 Å². The van der Waals surface area contributed by atoms with Crippen LogP contribution in [0.3, 0.4) is 0 Å². The Morgan fingerprint density at radius 2 is 2.67 bits per heavy atom. The van der Waals surface area contributed by atoms with E-state index in [1.54, 1.807) is 19.3 Å². The lowest BCUT2D eigenvalue weighted by molar-refractivity contribution is 0.144. The Labute approximate surface area is 52.9 Å². The van der Waals surface area contributed by atoms with E-state index in [9.17, 15) is 0 Å². The minimum Gasteiger partial charge on any atom is -0.373 e. The number of aliphatic hydroxyl groups excluding tert-OH is 1. The van der Waals surface area contributed by atoms with Crippen molar-refractivity contribution < 1.29 is 5.11 Å². The Balaban J connectivity index is 2.65. The lowest BCUT2D eigenvalue weighted by Crippen LogP contribution is -2.15. The quantitative estimate of drug-likeness (QED) is 0.474. The zero-order chi connectivity index (χ0) is 6.69. The minimum absolute atomic E-state index is 0.632. The average molecular weight is 127 g/mol. The molecule has 1 aromatic heterocycles. The molecule has 1 unspecified atom stereocenters. The Bertz CT molecular complexity index is 161. The molecule has 0 aliphatic heterocycles. The number of rotatable bonds is 2. The lowest BCUT2D eigenvalue weighted by Gasteiger charge is -2.03. The van der Waals surface area contributed by atoms with Gasteiger partial charge in [0, 0.05) is 6.20 Å². The van der Waals surface area contributed by atoms with Gasteiger partial charge in [-0.05, 0) is 13.1 Å². The van der Waals surface area contributed by atoms with Crippen LogP contribution in [0.25, 0.3) is 0 Å². The topological polar surface area (TPSA) is 60.9 Å². The molecular formula is C5H9N3O. The monoisotopic (exact) mass is 127 g/mol. The summed E-state index contributed by atoms with van der Waals surface area (Å²) in [6.45, 7) is 0. The van der Waals surface area contributed by atoms with Gasteiger partial charge in [0.1, 0.15) is 6.23 Å². The van der Waals surface area contributed by atoms with Gasteiger partial charge in [0.25, 0.3) is 0 Å². The highest BCUT2D eigenvalue weighted by atomic mass is 16.3. The fourth-order valence-electron chi connectivity index (χ4n) is 0.574. The van der Waals surface area contributed by atoms with Crippen LogP contribution in [-0.4, -0.2) is 22.4 Å². The van der Waals surface area contributed by atoms with Crippen molar-refractivity contribution >= 4 is 0 Å². The third kappa shape index (κ3) is 1.28. The highest BCUT2D eigenvalue weighted by molar-refractivity contribution is 4.99. The first kappa shape index (κ1) is 6.25. The van der Waals surface area contributed by atoms with Crippen LogP contribution in [0, 0.1) is 0 Å². The third-order valence-electron chi connectivity index (χ3n) is 1.09. The number of nitrogens with zero attached hydrogens (tertiary/aromatic N) is 1. The molecule has 0 spiro atoms. The second-order valence-electron chi connectivity index (χ2n) is 1.70. The summed E-state index contributed by atoms with van der Waals surface area (Å²) in [5.41, 5.74) is 0.678. The van der Waals surface area contributed by atoms with Crippen LogP contribution >= 0.6 is 0 Å². The van der Waals surface area contributed by atoms with E-state index >= 15 is 0 Å². The number of hydrogen-bond donors (Lipinski definition) is 3. The van der Waals surface area contributed by atoms with Crippen molar-refractivity contribution in [1.82, 2.24) is 15.5 Å². The van der Waals surface area contributed by atoms with Crippen LogP contribution in [-0.2, 0) is 0 Å². The second-order valence-corrected chi connectivity index (χ2v) is 1.70.